The molecule has 0 bridgehead atoms. The van der Waals surface area contributed by atoms with Crippen LogP contribution in [0.2, 0.25) is 0 Å². The van der Waals surface area contributed by atoms with Crippen molar-refractivity contribution in [2.45, 2.75) is 97.8 Å². The summed E-state index contributed by atoms with van der Waals surface area (Å²) in [6.45, 7) is 11.4. The Kier molecular flexibility index (Phi) is 13.0. The van der Waals surface area contributed by atoms with Crippen LogP contribution in [0.1, 0.15) is 88.1 Å². The van der Waals surface area contributed by atoms with Crippen molar-refractivity contribution in [2.75, 3.05) is 11.9 Å². The van der Waals surface area contributed by atoms with Gasteiger partial charge < -0.3 is 30.5 Å². The topological polar surface area (TPSA) is 128 Å². The van der Waals surface area contributed by atoms with Crippen LogP contribution in [0, 0.1) is 13.8 Å². The SMILES string of the molecule is CCCCCCCN(C(=O)C(Cc1ccc(O)cc1)NC(=O)OC(C)(C)C)C(C(=O)Nc1c(C)cccc1C)c1ccc(O)cc1. The van der Waals surface area contributed by atoms with Crippen LogP contribution in [-0.2, 0) is 20.7 Å². The highest BCUT2D eigenvalue weighted by molar-refractivity contribution is 6.00. The van der Waals surface area contributed by atoms with Gasteiger partial charge in [-0.25, -0.2) is 4.79 Å². The second kappa shape index (κ2) is 16.7. The van der Waals surface area contributed by atoms with E-state index < -0.39 is 35.6 Å². The minimum absolute atomic E-state index is 0.0342. The number of unbranched alkanes of at least 4 members (excludes halogenated alkanes) is 4. The minimum atomic E-state index is -1.08. The highest BCUT2D eigenvalue weighted by atomic mass is 16.6. The summed E-state index contributed by atoms with van der Waals surface area (Å²) in [5.41, 5.74) is 2.85. The lowest BCUT2D eigenvalue weighted by molar-refractivity contribution is -0.140. The molecule has 0 aliphatic carbocycles. The maximum Gasteiger partial charge on any atom is 0.408 e. The fourth-order valence-corrected chi connectivity index (χ4v) is 5.30. The van der Waals surface area contributed by atoms with E-state index in [1.807, 2.05) is 32.0 Å². The smallest absolute Gasteiger partial charge is 0.408 e. The number of amides is 3. The van der Waals surface area contributed by atoms with Crippen molar-refractivity contribution in [1.82, 2.24) is 10.2 Å². The quantitative estimate of drug-likeness (QED) is 0.138. The van der Waals surface area contributed by atoms with E-state index >= 15 is 0 Å². The molecule has 0 saturated heterocycles. The molecule has 0 spiro atoms. The third-order valence-corrected chi connectivity index (χ3v) is 7.65. The molecule has 0 aliphatic rings. The predicted octanol–water partition coefficient (Wildman–Crippen LogP) is 7.33. The molecule has 46 heavy (non-hydrogen) atoms. The van der Waals surface area contributed by atoms with Crippen LogP contribution in [0.15, 0.2) is 66.7 Å². The Labute approximate surface area is 273 Å². The Morgan fingerprint density at radius 3 is 1.96 bits per heavy atom. The molecule has 3 aromatic carbocycles. The van der Waals surface area contributed by atoms with Gasteiger partial charge in [0.15, 0.2) is 0 Å². The number of para-hydroxylation sites is 1. The minimum Gasteiger partial charge on any atom is -0.508 e. The molecule has 3 rings (SSSR count). The number of nitrogens with one attached hydrogen (secondary N) is 2. The molecule has 3 aromatic rings. The van der Waals surface area contributed by atoms with Gasteiger partial charge in [0, 0.05) is 18.7 Å². The van der Waals surface area contributed by atoms with Crippen molar-refractivity contribution in [3.05, 3.63) is 89.0 Å². The Morgan fingerprint density at radius 1 is 0.826 bits per heavy atom. The molecule has 0 aliphatic heterocycles. The van der Waals surface area contributed by atoms with Gasteiger partial charge in [0.25, 0.3) is 5.91 Å². The zero-order chi connectivity index (χ0) is 33.9. The fraction of sp³-hybridized carbons (Fsp3) is 0.432. The summed E-state index contributed by atoms with van der Waals surface area (Å²) in [7, 11) is 0. The summed E-state index contributed by atoms with van der Waals surface area (Å²) in [6.07, 6.45) is 3.97. The average Bonchev–Trinajstić information content (AvgIpc) is 2.98. The maximum absolute atomic E-state index is 14.7. The summed E-state index contributed by atoms with van der Waals surface area (Å²) in [4.78, 5) is 43.6. The fourth-order valence-electron chi connectivity index (χ4n) is 5.30. The summed E-state index contributed by atoms with van der Waals surface area (Å²) < 4.78 is 5.52. The number of benzene rings is 3. The van der Waals surface area contributed by atoms with E-state index in [4.69, 9.17) is 4.74 Å². The number of carbonyl (C=O) groups is 3. The van der Waals surface area contributed by atoms with E-state index in [0.717, 1.165) is 36.8 Å². The van der Waals surface area contributed by atoms with Crippen molar-refractivity contribution in [3.8, 4) is 11.5 Å². The van der Waals surface area contributed by atoms with E-state index in [1.54, 1.807) is 45.0 Å². The predicted molar refractivity (Wildman–Crippen MR) is 181 cm³/mol. The average molecular weight is 632 g/mol. The van der Waals surface area contributed by atoms with Crippen LogP contribution >= 0.6 is 0 Å². The van der Waals surface area contributed by atoms with Crippen LogP contribution in [0.5, 0.6) is 11.5 Å². The summed E-state index contributed by atoms with van der Waals surface area (Å²) >= 11 is 0. The molecule has 2 unspecified atom stereocenters. The van der Waals surface area contributed by atoms with Crippen molar-refractivity contribution < 1.29 is 29.3 Å². The van der Waals surface area contributed by atoms with Gasteiger partial charge in [-0.2, -0.15) is 0 Å². The number of alkyl carbamates (subject to hydrolysis) is 1. The number of nitrogens with zero attached hydrogens (tertiary/aromatic N) is 1. The van der Waals surface area contributed by atoms with Gasteiger partial charge in [0.1, 0.15) is 29.2 Å². The van der Waals surface area contributed by atoms with Crippen LogP contribution < -0.4 is 10.6 Å². The summed E-state index contributed by atoms with van der Waals surface area (Å²) in [5, 5.41) is 25.7. The number of aryl methyl sites for hydroxylation is 2. The van der Waals surface area contributed by atoms with Gasteiger partial charge in [0.2, 0.25) is 5.91 Å². The third kappa shape index (κ3) is 10.8. The number of phenolic OH excluding ortho intramolecular Hbond substituents is 2. The first-order valence-corrected chi connectivity index (χ1v) is 16.0. The molecular formula is C37H49N3O6. The molecule has 0 radical (unpaired) electrons. The normalized spacial score (nSPS) is 12.6. The second-order valence-electron chi connectivity index (χ2n) is 12.8. The van der Waals surface area contributed by atoms with E-state index in [9.17, 15) is 24.6 Å². The van der Waals surface area contributed by atoms with Gasteiger partial charge in [-0.15, -0.1) is 0 Å². The van der Waals surface area contributed by atoms with Crippen LogP contribution in [0.4, 0.5) is 10.5 Å². The first-order valence-electron chi connectivity index (χ1n) is 16.0. The number of anilines is 1. The third-order valence-electron chi connectivity index (χ3n) is 7.65. The summed E-state index contributed by atoms with van der Waals surface area (Å²) in [6, 6.07) is 16.3. The van der Waals surface area contributed by atoms with Gasteiger partial charge in [-0.1, -0.05) is 75.1 Å². The molecule has 9 heteroatoms. The Balaban J connectivity index is 2.09. The molecule has 3 amide bonds. The molecule has 9 nitrogen and oxygen atoms in total. The molecule has 4 N–H and O–H groups in total. The van der Waals surface area contributed by atoms with Crippen LogP contribution in [-0.4, -0.2) is 51.2 Å². The molecular weight excluding hydrogens is 582 g/mol. The number of phenols is 2. The van der Waals surface area contributed by atoms with Crippen molar-refractivity contribution in [3.63, 3.8) is 0 Å². The monoisotopic (exact) mass is 631 g/mol. The molecule has 0 aromatic heterocycles. The largest absolute Gasteiger partial charge is 0.508 e. The number of hydrogen-bond acceptors (Lipinski definition) is 6. The van der Waals surface area contributed by atoms with Crippen LogP contribution in [0.25, 0.3) is 0 Å². The van der Waals surface area contributed by atoms with E-state index in [1.165, 1.54) is 29.2 Å². The van der Waals surface area contributed by atoms with Crippen LogP contribution in [0.3, 0.4) is 0 Å². The van der Waals surface area contributed by atoms with E-state index in [-0.39, 0.29) is 24.5 Å². The second-order valence-corrected chi connectivity index (χ2v) is 12.8. The van der Waals surface area contributed by atoms with E-state index in [0.29, 0.717) is 23.2 Å². The van der Waals surface area contributed by atoms with Gasteiger partial charge in [-0.3, -0.25) is 9.59 Å². The molecule has 0 saturated carbocycles. The number of hydrogen-bond donors (Lipinski definition) is 4. The molecule has 0 heterocycles. The number of rotatable bonds is 14. The Bertz CT molecular complexity index is 1430. The Hall–Kier alpha value is -4.53. The molecule has 2 atom stereocenters. The maximum atomic E-state index is 14.7. The Morgan fingerprint density at radius 2 is 1.39 bits per heavy atom. The van der Waals surface area contributed by atoms with Crippen molar-refractivity contribution in [1.29, 1.82) is 0 Å². The highest BCUT2D eigenvalue weighted by Gasteiger charge is 2.36. The van der Waals surface area contributed by atoms with Gasteiger partial charge >= 0.3 is 6.09 Å². The zero-order valence-corrected chi connectivity index (χ0v) is 27.9. The first-order chi connectivity index (χ1) is 21.8. The van der Waals surface area contributed by atoms with Crippen molar-refractivity contribution >= 4 is 23.6 Å². The first kappa shape index (κ1) is 35.9. The van der Waals surface area contributed by atoms with Crippen molar-refractivity contribution in [2.24, 2.45) is 0 Å². The van der Waals surface area contributed by atoms with Gasteiger partial charge in [0.05, 0.1) is 0 Å². The standard InChI is InChI=1S/C37H49N3O6/c1-7-8-9-10-11-23-40(35(44)31(38-36(45)46-37(4,5)6)24-27-15-19-29(41)20-16-27)33(28-17-21-30(42)22-18-28)34(43)39-32-25(2)13-12-14-26(32)3/h12-22,31,33,41-42H,7-11,23-24H2,1-6H3,(H,38,45)(H,39,43). The zero-order valence-electron chi connectivity index (χ0n) is 27.9. The molecule has 248 valence electrons. The summed E-state index contributed by atoms with van der Waals surface area (Å²) in [5.74, 6) is -0.752. The lowest BCUT2D eigenvalue weighted by atomic mass is 9.99. The number of ether oxygens (including phenoxy) is 1. The number of aromatic hydroxyl groups is 2. The lowest BCUT2D eigenvalue weighted by Crippen LogP contribution is -2.53. The van der Waals surface area contributed by atoms with E-state index in [2.05, 4.69) is 17.6 Å². The highest BCUT2D eigenvalue weighted by Crippen LogP contribution is 2.29. The molecule has 0 fully saturated rings. The number of carbonyl (C=O) groups excluding carboxylic acids is 3. The van der Waals surface area contributed by atoms with Gasteiger partial charge in [-0.05, 0) is 87.6 Å². The lowest BCUT2D eigenvalue weighted by Gasteiger charge is -2.35.